The number of hydrogen-bond donors (Lipinski definition) is 1. The first-order valence-electron chi connectivity index (χ1n) is 5.55. The fraction of sp³-hybridized carbons (Fsp3) is 0.143. The summed E-state index contributed by atoms with van der Waals surface area (Å²) in [6.45, 7) is 0.804. The smallest absolute Gasteiger partial charge is 0.129 e. The number of hydrogen-bond acceptors (Lipinski definition) is 2. The molecule has 0 heterocycles. The molecule has 0 bridgehead atoms. The van der Waals surface area contributed by atoms with E-state index in [1.807, 2.05) is 31.3 Å². The van der Waals surface area contributed by atoms with Gasteiger partial charge in [-0.25, -0.2) is 0 Å². The van der Waals surface area contributed by atoms with Gasteiger partial charge in [0, 0.05) is 12.6 Å². The minimum Gasteiger partial charge on any atom is -0.457 e. The fourth-order valence-electron chi connectivity index (χ4n) is 1.60. The van der Waals surface area contributed by atoms with Gasteiger partial charge in [0.2, 0.25) is 0 Å². The summed E-state index contributed by atoms with van der Waals surface area (Å²) in [5.41, 5.74) is 1.16. The molecule has 94 valence electrons. The Morgan fingerprint density at radius 1 is 1.00 bits per heavy atom. The zero-order valence-corrected chi connectivity index (χ0v) is 11.4. The van der Waals surface area contributed by atoms with Crippen LogP contribution in [0.15, 0.2) is 42.5 Å². The van der Waals surface area contributed by atoms with Crippen LogP contribution in [0.5, 0.6) is 11.5 Å². The lowest BCUT2D eigenvalue weighted by Crippen LogP contribution is -2.04. The average Bonchev–Trinajstić information content (AvgIpc) is 2.35. The van der Waals surface area contributed by atoms with Gasteiger partial charge in [-0.1, -0.05) is 35.3 Å². The Labute approximate surface area is 116 Å². The van der Waals surface area contributed by atoms with Crippen LogP contribution >= 0.6 is 23.2 Å². The molecule has 0 aliphatic rings. The Morgan fingerprint density at radius 2 is 1.78 bits per heavy atom. The van der Waals surface area contributed by atoms with E-state index >= 15 is 0 Å². The zero-order valence-electron chi connectivity index (χ0n) is 9.91. The molecule has 0 amide bonds. The SMILES string of the molecule is CNCc1cccc(Oc2ccc(Cl)c(Cl)c2)c1. The van der Waals surface area contributed by atoms with E-state index in [0.29, 0.717) is 15.8 Å². The molecule has 0 aromatic heterocycles. The van der Waals surface area contributed by atoms with Gasteiger partial charge >= 0.3 is 0 Å². The van der Waals surface area contributed by atoms with Gasteiger partial charge in [0.05, 0.1) is 10.0 Å². The van der Waals surface area contributed by atoms with Crippen molar-refractivity contribution in [2.24, 2.45) is 0 Å². The molecule has 2 nitrogen and oxygen atoms in total. The van der Waals surface area contributed by atoms with Crippen LogP contribution in [0.3, 0.4) is 0 Å². The molecule has 0 aliphatic heterocycles. The second kappa shape index (κ2) is 6.10. The Kier molecular flexibility index (Phi) is 4.48. The second-order valence-corrected chi connectivity index (χ2v) is 4.67. The number of benzene rings is 2. The molecule has 0 atom stereocenters. The third-order valence-corrected chi connectivity index (χ3v) is 3.15. The average molecular weight is 282 g/mol. The van der Waals surface area contributed by atoms with Crippen LogP contribution in [-0.4, -0.2) is 7.05 Å². The van der Waals surface area contributed by atoms with Crippen LogP contribution in [0.25, 0.3) is 0 Å². The maximum atomic E-state index is 5.94. The quantitative estimate of drug-likeness (QED) is 0.891. The summed E-state index contributed by atoms with van der Waals surface area (Å²) in [7, 11) is 1.91. The van der Waals surface area contributed by atoms with Crippen molar-refractivity contribution in [2.75, 3.05) is 7.05 Å². The van der Waals surface area contributed by atoms with E-state index < -0.39 is 0 Å². The zero-order chi connectivity index (χ0) is 13.0. The topological polar surface area (TPSA) is 21.3 Å². The molecular formula is C14H13Cl2NO. The molecule has 0 radical (unpaired) electrons. The van der Waals surface area contributed by atoms with E-state index in [9.17, 15) is 0 Å². The predicted octanol–water partition coefficient (Wildman–Crippen LogP) is 4.51. The molecular weight excluding hydrogens is 269 g/mol. The summed E-state index contributed by atoms with van der Waals surface area (Å²) in [4.78, 5) is 0. The van der Waals surface area contributed by atoms with Crippen LogP contribution in [0.1, 0.15) is 5.56 Å². The third-order valence-electron chi connectivity index (χ3n) is 2.41. The molecule has 2 aromatic rings. The van der Waals surface area contributed by atoms with Crippen molar-refractivity contribution in [3.63, 3.8) is 0 Å². The summed E-state index contributed by atoms with van der Waals surface area (Å²) in [6.07, 6.45) is 0. The van der Waals surface area contributed by atoms with Crippen molar-refractivity contribution in [3.05, 3.63) is 58.1 Å². The van der Waals surface area contributed by atoms with Gasteiger partial charge in [0.15, 0.2) is 0 Å². The highest BCUT2D eigenvalue weighted by Gasteiger charge is 2.02. The van der Waals surface area contributed by atoms with Gasteiger partial charge in [-0.2, -0.15) is 0 Å². The molecule has 1 N–H and O–H groups in total. The van der Waals surface area contributed by atoms with Gasteiger partial charge in [-0.3, -0.25) is 0 Å². The van der Waals surface area contributed by atoms with Crippen molar-refractivity contribution in [2.45, 2.75) is 6.54 Å². The lowest BCUT2D eigenvalue weighted by Gasteiger charge is -2.08. The lowest BCUT2D eigenvalue weighted by molar-refractivity contribution is 0.482. The Balaban J connectivity index is 2.17. The largest absolute Gasteiger partial charge is 0.457 e. The maximum absolute atomic E-state index is 5.94. The van der Waals surface area contributed by atoms with Crippen LogP contribution in [0.2, 0.25) is 10.0 Å². The summed E-state index contributed by atoms with van der Waals surface area (Å²) < 4.78 is 5.73. The van der Waals surface area contributed by atoms with Gasteiger partial charge in [0.1, 0.15) is 11.5 Å². The van der Waals surface area contributed by atoms with E-state index in [2.05, 4.69) is 5.32 Å². The van der Waals surface area contributed by atoms with Crippen LogP contribution in [-0.2, 0) is 6.54 Å². The van der Waals surface area contributed by atoms with Gasteiger partial charge in [-0.05, 0) is 36.9 Å². The normalized spacial score (nSPS) is 10.4. The van der Waals surface area contributed by atoms with Crippen molar-refractivity contribution >= 4 is 23.2 Å². The predicted molar refractivity (Wildman–Crippen MR) is 75.7 cm³/mol. The number of rotatable bonds is 4. The van der Waals surface area contributed by atoms with E-state index in [-0.39, 0.29) is 0 Å². The summed E-state index contributed by atoms with van der Waals surface area (Å²) in [6, 6.07) is 13.1. The molecule has 2 rings (SSSR count). The second-order valence-electron chi connectivity index (χ2n) is 3.86. The Bertz CT molecular complexity index is 543. The minimum absolute atomic E-state index is 0.487. The molecule has 0 aliphatic carbocycles. The van der Waals surface area contributed by atoms with Gasteiger partial charge in [0.25, 0.3) is 0 Å². The first-order chi connectivity index (χ1) is 8.69. The highest BCUT2D eigenvalue weighted by molar-refractivity contribution is 6.42. The number of nitrogens with one attached hydrogen (secondary N) is 1. The van der Waals surface area contributed by atoms with Crippen molar-refractivity contribution in [1.82, 2.24) is 5.32 Å². The van der Waals surface area contributed by atoms with Crippen LogP contribution in [0.4, 0.5) is 0 Å². The van der Waals surface area contributed by atoms with Crippen LogP contribution in [0, 0.1) is 0 Å². The summed E-state index contributed by atoms with van der Waals surface area (Å²) in [5, 5.41) is 4.11. The van der Waals surface area contributed by atoms with Gasteiger partial charge < -0.3 is 10.1 Å². The first kappa shape index (κ1) is 13.2. The Morgan fingerprint density at radius 3 is 2.50 bits per heavy atom. The van der Waals surface area contributed by atoms with Crippen molar-refractivity contribution in [3.8, 4) is 11.5 Å². The van der Waals surface area contributed by atoms with Crippen molar-refractivity contribution in [1.29, 1.82) is 0 Å². The molecule has 0 saturated carbocycles. The van der Waals surface area contributed by atoms with Crippen LogP contribution < -0.4 is 10.1 Å². The minimum atomic E-state index is 0.487. The highest BCUT2D eigenvalue weighted by Crippen LogP contribution is 2.29. The Hall–Kier alpha value is -1.22. The fourth-order valence-corrected chi connectivity index (χ4v) is 1.89. The van der Waals surface area contributed by atoms with Gasteiger partial charge in [-0.15, -0.1) is 0 Å². The number of ether oxygens (including phenoxy) is 1. The van der Waals surface area contributed by atoms with E-state index in [1.54, 1.807) is 18.2 Å². The molecule has 0 unspecified atom stereocenters. The summed E-state index contributed by atoms with van der Waals surface area (Å²) >= 11 is 11.8. The molecule has 18 heavy (non-hydrogen) atoms. The highest BCUT2D eigenvalue weighted by atomic mass is 35.5. The maximum Gasteiger partial charge on any atom is 0.129 e. The van der Waals surface area contributed by atoms with Crippen molar-refractivity contribution < 1.29 is 4.74 Å². The van der Waals surface area contributed by atoms with E-state index in [4.69, 9.17) is 27.9 Å². The molecule has 0 saturated heterocycles. The monoisotopic (exact) mass is 281 g/mol. The molecule has 4 heteroatoms. The summed E-state index contributed by atoms with van der Waals surface area (Å²) in [5.74, 6) is 1.45. The number of halogens is 2. The molecule has 2 aromatic carbocycles. The molecule has 0 fully saturated rings. The standard InChI is InChI=1S/C14H13Cl2NO/c1-17-9-10-3-2-4-11(7-10)18-12-5-6-13(15)14(16)8-12/h2-8,17H,9H2,1H3. The third kappa shape index (κ3) is 3.39. The van der Waals surface area contributed by atoms with E-state index in [1.165, 1.54) is 0 Å². The lowest BCUT2D eigenvalue weighted by atomic mass is 10.2. The molecule has 0 spiro atoms. The first-order valence-corrected chi connectivity index (χ1v) is 6.31. The van der Waals surface area contributed by atoms with E-state index in [0.717, 1.165) is 17.9 Å².